The molecule has 0 N–H and O–H groups in total. The molecular formula is C11H17N. The normalized spacial score (nSPS) is 27.2. The highest BCUT2D eigenvalue weighted by atomic mass is 14.7. The molecule has 1 spiro atoms. The van der Waals surface area contributed by atoms with Crippen molar-refractivity contribution in [3.05, 3.63) is 11.3 Å². The number of nitrogens with zero attached hydrogens (tertiary/aromatic N) is 1. The van der Waals surface area contributed by atoms with E-state index in [0.29, 0.717) is 0 Å². The highest BCUT2D eigenvalue weighted by molar-refractivity contribution is 5.55. The maximum Gasteiger partial charge on any atom is 0.0389 e. The zero-order valence-electron chi connectivity index (χ0n) is 8.06. The Bertz CT molecular complexity index is 244. The fourth-order valence-electron chi connectivity index (χ4n) is 2.28. The Morgan fingerprint density at radius 2 is 2.08 bits per heavy atom. The minimum Gasteiger partial charge on any atom is -0.266 e. The zero-order chi connectivity index (χ0) is 8.60. The standard InChI is InChI=1S/C11H17N/c1-3-12-10-4-5-11(6-7-11)8-9(10)2/h3H,4-8H2,1-2H3. The molecule has 1 saturated carbocycles. The van der Waals surface area contributed by atoms with Gasteiger partial charge in [0.15, 0.2) is 0 Å². The summed E-state index contributed by atoms with van der Waals surface area (Å²) in [6.07, 6.45) is 8.78. The summed E-state index contributed by atoms with van der Waals surface area (Å²) in [6, 6.07) is 0. The van der Waals surface area contributed by atoms with Gasteiger partial charge in [0.2, 0.25) is 0 Å². The molecule has 0 aliphatic heterocycles. The lowest BCUT2D eigenvalue weighted by Gasteiger charge is -2.22. The maximum absolute atomic E-state index is 4.41. The summed E-state index contributed by atoms with van der Waals surface area (Å²) in [5.74, 6) is 0. The first-order valence-electron chi connectivity index (χ1n) is 4.93. The second-order valence-electron chi connectivity index (χ2n) is 4.29. The largest absolute Gasteiger partial charge is 0.266 e. The molecule has 0 saturated heterocycles. The first-order valence-corrected chi connectivity index (χ1v) is 4.93. The third-order valence-corrected chi connectivity index (χ3v) is 3.27. The van der Waals surface area contributed by atoms with Gasteiger partial charge in [0.25, 0.3) is 0 Å². The summed E-state index contributed by atoms with van der Waals surface area (Å²) in [4.78, 5) is 4.41. The van der Waals surface area contributed by atoms with E-state index in [1.54, 1.807) is 0 Å². The van der Waals surface area contributed by atoms with Crippen LogP contribution in [0.2, 0.25) is 0 Å². The number of hydrogen-bond acceptors (Lipinski definition) is 1. The van der Waals surface area contributed by atoms with Crippen LogP contribution >= 0.6 is 0 Å². The average molecular weight is 163 g/mol. The van der Waals surface area contributed by atoms with Crippen molar-refractivity contribution in [3.8, 4) is 0 Å². The van der Waals surface area contributed by atoms with Crippen molar-refractivity contribution in [1.29, 1.82) is 0 Å². The van der Waals surface area contributed by atoms with Gasteiger partial charge in [-0.3, -0.25) is 4.99 Å². The summed E-state index contributed by atoms with van der Waals surface area (Å²) in [5.41, 5.74) is 3.64. The number of hydrogen-bond donors (Lipinski definition) is 0. The van der Waals surface area contributed by atoms with Gasteiger partial charge in [-0.2, -0.15) is 0 Å². The molecule has 12 heavy (non-hydrogen) atoms. The van der Waals surface area contributed by atoms with Crippen LogP contribution in [0.1, 0.15) is 46.0 Å². The molecule has 0 aromatic rings. The lowest BCUT2D eigenvalue weighted by atomic mass is 9.85. The lowest BCUT2D eigenvalue weighted by Crippen LogP contribution is -2.08. The van der Waals surface area contributed by atoms with E-state index in [-0.39, 0.29) is 0 Å². The number of rotatable bonds is 1. The molecule has 2 aliphatic rings. The van der Waals surface area contributed by atoms with E-state index in [1.165, 1.54) is 43.4 Å². The third-order valence-electron chi connectivity index (χ3n) is 3.27. The molecule has 66 valence electrons. The monoisotopic (exact) mass is 163 g/mol. The van der Waals surface area contributed by atoms with Gasteiger partial charge in [-0.05, 0) is 51.4 Å². The van der Waals surface area contributed by atoms with Gasteiger partial charge in [0, 0.05) is 11.9 Å². The van der Waals surface area contributed by atoms with Crippen LogP contribution in [0.4, 0.5) is 0 Å². The Kier molecular flexibility index (Phi) is 1.82. The zero-order valence-corrected chi connectivity index (χ0v) is 8.06. The van der Waals surface area contributed by atoms with E-state index in [4.69, 9.17) is 0 Å². The molecule has 1 heteroatoms. The molecule has 2 rings (SSSR count). The molecule has 0 atom stereocenters. The fraction of sp³-hybridized carbons (Fsp3) is 0.727. The van der Waals surface area contributed by atoms with Crippen LogP contribution < -0.4 is 0 Å². The molecule has 0 heterocycles. The molecule has 1 fully saturated rings. The van der Waals surface area contributed by atoms with Crippen molar-refractivity contribution in [3.63, 3.8) is 0 Å². The molecule has 1 nitrogen and oxygen atoms in total. The predicted octanol–water partition coefficient (Wildman–Crippen LogP) is 3.32. The van der Waals surface area contributed by atoms with Crippen LogP contribution in [0.5, 0.6) is 0 Å². The number of aliphatic imine (C=N–C) groups is 1. The van der Waals surface area contributed by atoms with E-state index < -0.39 is 0 Å². The Morgan fingerprint density at radius 1 is 1.33 bits per heavy atom. The van der Waals surface area contributed by atoms with Crippen LogP contribution in [0, 0.1) is 5.41 Å². The van der Waals surface area contributed by atoms with Crippen LogP contribution in [0.25, 0.3) is 0 Å². The van der Waals surface area contributed by atoms with Gasteiger partial charge >= 0.3 is 0 Å². The van der Waals surface area contributed by atoms with Gasteiger partial charge in [0.1, 0.15) is 0 Å². The van der Waals surface area contributed by atoms with Crippen molar-refractivity contribution in [1.82, 2.24) is 0 Å². The first-order chi connectivity index (χ1) is 5.76. The minimum atomic E-state index is 0.747. The SMILES string of the molecule is CC=NC1=C(C)CC2(CC1)CC2. The summed E-state index contributed by atoms with van der Waals surface area (Å²) in [7, 11) is 0. The quantitative estimate of drug-likeness (QED) is 0.526. The molecule has 0 unspecified atom stereocenters. The second-order valence-corrected chi connectivity index (χ2v) is 4.29. The second kappa shape index (κ2) is 2.72. The van der Waals surface area contributed by atoms with Crippen LogP contribution in [-0.4, -0.2) is 6.21 Å². The van der Waals surface area contributed by atoms with Gasteiger partial charge in [-0.1, -0.05) is 5.57 Å². The van der Waals surface area contributed by atoms with Gasteiger partial charge in [-0.25, -0.2) is 0 Å². The van der Waals surface area contributed by atoms with E-state index >= 15 is 0 Å². The Labute approximate surface area is 74.6 Å². The topological polar surface area (TPSA) is 12.4 Å². The predicted molar refractivity (Wildman–Crippen MR) is 52.4 cm³/mol. The highest BCUT2D eigenvalue weighted by Crippen LogP contribution is 2.57. The van der Waals surface area contributed by atoms with E-state index in [2.05, 4.69) is 11.9 Å². The molecular weight excluding hydrogens is 146 g/mol. The van der Waals surface area contributed by atoms with Crippen molar-refractivity contribution < 1.29 is 0 Å². The molecule has 0 radical (unpaired) electrons. The number of allylic oxidation sites excluding steroid dienone is 2. The van der Waals surface area contributed by atoms with E-state index in [1.807, 2.05) is 13.1 Å². The van der Waals surface area contributed by atoms with Crippen LogP contribution in [0.15, 0.2) is 16.3 Å². The molecule has 0 bridgehead atoms. The van der Waals surface area contributed by atoms with Crippen LogP contribution in [-0.2, 0) is 0 Å². The first kappa shape index (κ1) is 8.03. The van der Waals surface area contributed by atoms with Crippen molar-refractivity contribution in [2.75, 3.05) is 0 Å². The Balaban J connectivity index is 2.13. The Hall–Kier alpha value is -0.590. The van der Waals surface area contributed by atoms with Crippen molar-refractivity contribution >= 4 is 6.21 Å². The summed E-state index contributed by atoms with van der Waals surface area (Å²) in [5, 5.41) is 0. The summed E-state index contributed by atoms with van der Waals surface area (Å²) < 4.78 is 0. The van der Waals surface area contributed by atoms with Crippen LogP contribution in [0.3, 0.4) is 0 Å². The van der Waals surface area contributed by atoms with Crippen molar-refractivity contribution in [2.24, 2.45) is 10.4 Å². The summed E-state index contributed by atoms with van der Waals surface area (Å²) in [6.45, 7) is 4.25. The molecule has 0 aromatic heterocycles. The molecule has 2 aliphatic carbocycles. The average Bonchev–Trinajstić information content (AvgIpc) is 2.77. The highest BCUT2D eigenvalue weighted by Gasteiger charge is 2.44. The summed E-state index contributed by atoms with van der Waals surface area (Å²) >= 11 is 0. The maximum atomic E-state index is 4.41. The van der Waals surface area contributed by atoms with E-state index in [9.17, 15) is 0 Å². The van der Waals surface area contributed by atoms with E-state index in [0.717, 1.165) is 5.41 Å². The third kappa shape index (κ3) is 1.33. The van der Waals surface area contributed by atoms with Gasteiger partial charge in [0.05, 0.1) is 0 Å². The lowest BCUT2D eigenvalue weighted by molar-refractivity contribution is 0.433. The fourth-order valence-corrected chi connectivity index (χ4v) is 2.28. The minimum absolute atomic E-state index is 0.747. The van der Waals surface area contributed by atoms with Gasteiger partial charge < -0.3 is 0 Å². The van der Waals surface area contributed by atoms with Gasteiger partial charge in [-0.15, -0.1) is 0 Å². The Morgan fingerprint density at radius 3 is 2.58 bits per heavy atom. The molecule has 0 amide bonds. The van der Waals surface area contributed by atoms with Crippen molar-refractivity contribution in [2.45, 2.75) is 46.0 Å². The smallest absolute Gasteiger partial charge is 0.0389 e. The molecule has 0 aromatic carbocycles.